The molecule has 2 aromatic rings. The van der Waals surface area contributed by atoms with Gasteiger partial charge in [-0.2, -0.15) is 4.98 Å². The number of nitrogens with one attached hydrogen (secondary N) is 1. The molecule has 9 heteroatoms. The summed E-state index contributed by atoms with van der Waals surface area (Å²) in [6.07, 6.45) is 9.94. The number of nitrogens with zero attached hydrogens (tertiary/aromatic N) is 5. The summed E-state index contributed by atoms with van der Waals surface area (Å²) in [5.74, 6) is 0.737. The number of primary amides is 1. The van der Waals surface area contributed by atoms with Crippen molar-refractivity contribution < 1.29 is 4.79 Å². The second-order valence-corrected chi connectivity index (χ2v) is 10.0. The van der Waals surface area contributed by atoms with Crippen molar-refractivity contribution in [1.29, 1.82) is 0 Å². The average Bonchev–Trinajstić information content (AvgIpc) is 3.40. The second kappa shape index (κ2) is 10.2. The van der Waals surface area contributed by atoms with E-state index in [-0.39, 0.29) is 11.7 Å². The quantitative estimate of drug-likeness (QED) is 0.596. The van der Waals surface area contributed by atoms with Crippen molar-refractivity contribution in [2.75, 3.05) is 36.4 Å². The van der Waals surface area contributed by atoms with E-state index in [0.29, 0.717) is 24.2 Å². The van der Waals surface area contributed by atoms with Gasteiger partial charge in [0.15, 0.2) is 11.5 Å². The van der Waals surface area contributed by atoms with E-state index in [1.165, 1.54) is 57.2 Å². The van der Waals surface area contributed by atoms with Gasteiger partial charge in [0.05, 0.1) is 0 Å². The summed E-state index contributed by atoms with van der Waals surface area (Å²) in [6, 6.07) is 9.36. The standard InChI is InChI=1S/C25H36N8O/c26-19-4-3-13-33(16-19)25-29-24(22(23(27)34)30-31-25)28-20-9-7-17(8-10-20)18-11-14-32(15-12-18)21-5-1-2-6-21/h7-10,18-19,21H,1-6,11-16,26H2,(H2,27,34)(H,28,29,31). The van der Waals surface area contributed by atoms with Crippen LogP contribution in [0, 0.1) is 0 Å². The van der Waals surface area contributed by atoms with Crippen LogP contribution in [0.3, 0.4) is 0 Å². The van der Waals surface area contributed by atoms with E-state index in [4.69, 9.17) is 11.5 Å². The molecule has 1 aliphatic carbocycles. The molecule has 1 atom stereocenters. The number of piperidine rings is 2. The van der Waals surface area contributed by atoms with Crippen molar-refractivity contribution in [3.05, 3.63) is 35.5 Å². The first-order chi connectivity index (χ1) is 16.6. The third kappa shape index (κ3) is 5.15. The zero-order valence-corrected chi connectivity index (χ0v) is 19.8. The Morgan fingerprint density at radius 3 is 2.35 bits per heavy atom. The van der Waals surface area contributed by atoms with E-state index in [1.807, 2.05) is 17.0 Å². The molecule has 1 aromatic carbocycles. The molecule has 1 amide bonds. The van der Waals surface area contributed by atoms with Crippen LogP contribution in [0.2, 0.25) is 0 Å². The number of aromatic nitrogens is 3. The van der Waals surface area contributed by atoms with Gasteiger partial charge < -0.3 is 26.6 Å². The predicted octanol–water partition coefficient (Wildman–Crippen LogP) is 2.76. The highest BCUT2D eigenvalue weighted by Crippen LogP contribution is 2.33. The molecule has 2 aliphatic heterocycles. The van der Waals surface area contributed by atoms with Gasteiger partial charge in [-0.25, -0.2) is 0 Å². The van der Waals surface area contributed by atoms with E-state index >= 15 is 0 Å². The van der Waals surface area contributed by atoms with Gasteiger partial charge >= 0.3 is 0 Å². The minimum Gasteiger partial charge on any atom is -0.364 e. The highest BCUT2D eigenvalue weighted by atomic mass is 16.1. The van der Waals surface area contributed by atoms with Crippen LogP contribution < -0.4 is 21.7 Å². The lowest BCUT2D eigenvalue weighted by atomic mass is 9.88. The molecule has 1 unspecified atom stereocenters. The smallest absolute Gasteiger partial charge is 0.273 e. The summed E-state index contributed by atoms with van der Waals surface area (Å²) >= 11 is 0. The van der Waals surface area contributed by atoms with Crippen LogP contribution in [0.4, 0.5) is 17.5 Å². The maximum absolute atomic E-state index is 11.9. The molecule has 3 aliphatic rings. The molecule has 34 heavy (non-hydrogen) atoms. The first-order valence-corrected chi connectivity index (χ1v) is 12.7. The molecule has 2 saturated heterocycles. The number of nitrogens with two attached hydrogens (primary N) is 2. The maximum Gasteiger partial charge on any atom is 0.273 e. The highest BCUT2D eigenvalue weighted by Gasteiger charge is 2.28. The van der Waals surface area contributed by atoms with Crippen LogP contribution >= 0.6 is 0 Å². The second-order valence-electron chi connectivity index (χ2n) is 10.0. The number of anilines is 3. The van der Waals surface area contributed by atoms with Crippen molar-refractivity contribution in [3.8, 4) is 0 Å². The van der Waals surface area contributed by atoms with Gasteiger partial charge in [0.2, 0.25) is 5.95 Å². The average molecular weight is 465 g/mol. The first-order valence-electron chi connectivity index (χ1n) is 12.7. The van der Waals surface area contributed by atoms with Crippen molar-refractivity contribution in [2.45, 2.75) is 69.4 Å². The van der Waals surface area contributed by atoms with Crippen molar-refractivity contribution in [2.24, 2.45) is 11.5 Å². The normalized spacial score (nSPS) is 22.7. The van der Waals surface area contributed by atoms with Gasteiger partial charge in [0.25, 0.3) is 5.91 Å². The lowest BCUT2D eigenvalue weighted by Gasteiger charge is -2.36. The predicted molar refractivity (Wildman–Crippen MR) is 133 cm³/mol. The Hall–Kier alpha value is -2.78. The van der Waals surface area contributed by atoms with Crippen LogP contribution in [-0.4, -0.2) is 64.3 Å². The molecule has 1 aromatic heterocycles. The molecule has 3 fully saturated rings. The number of benzene rings is 1. The Kier molecular flexibility index (Phi) is 6.92. The van der Waals surface area contributed by atoms with Gasteiger partial charge in [0.1, 0.15) is 0 Å². The van der Waals surface area contributed by atoms with Crippen LogP contribution in [0.25, 0.3) is 0 Å². The van der Waals surface area contributed by atoms with E-state index in [0.717, 1.165) is 31.1 Å². The first kappa shape index (κ1) is 23.0. The number of rotatable bonds is 6. The van der Waals surface area contributed by atoms with Crippen LogP contribution in [-0.2, 0) is 0 Å². The van der Waals surface area contributed by atoms with Crippen LogP contribution in [0.15, 0.2) is 24.3 Å². The fourth-order valence-electron chi connectivity index (χ4n) is 5.74. The molecule has 9 nitrogen and oxygen atoms in total. The fraction of sp³-hybridized carbons (Fsp3) is 0.600. The SMILES string of the molecule is NC(=O)c1nnc(N2CCCC(N)C2)nc1Nc1ccc(C2CCN(C3CCCC3)CC2)cc1. The Morgan fingerprint density at radius 1 is 0.941 bits per heavy atom. The zero-order chi connectivity index (χ0) is 23.5. The van der Waals surface area contributed by atoms with E-state index in [9.17, 15) is 4.79 Å². The minimum atomic E-state index is -0.657. The number of hydrogen-bond donors (Lipinski definition) is 3. The number of carbonyl (C=O) groups excluding carboxylic acids is 1. The number of carbonyl (C=O) groups is 1. The summed E-state index contributed by atoms with van der Waals surface area (Å²) in [5, 5.41) is 11.4. The third-order valence-corrected chi connectivity index (χ3v) is 7.67. The molecule has 3 heterocycles. The molecule has 182 valence electrons. The Labute approximate surface area is 201 Å². The minimum absolute atomic E-state index is 0.0356. The van der Waals surface area contributed by atoms with Crippen LogP contribution in [0.5, 0.6) is 0 Å². The molecular weight excluding hydrogens is 428 g/mol. The van der Waals surface area contributed by atoms with Gasteiger partial charge in [-0.3, -0.25) is 4.79 Å². The van der Waals surface area contributed by atoms with Gasteiger partial charge in [0, 0.05) is 30.9 Å². The monoisotopic (exact) mass is 464 g/mol. The lowest BCUT2D eigenvalue weighted by Crippen LogP contribution is -2.43. The molecule has 1 saturated carbocycles. The lowest BCUT2D eigenvalue weighted by molar-refractivity contribution is 0.0995. The van der Waals surface area contributed by atoms with E-state index < -0.39 is 5.91 Å². The van der Waals surface area contributed by atoms with E-state index in [2.05, 4.69) is 37.5 Å². The topological polar surface area (TPSA) is 126 Å². The third-order valence-electron chi connectivity index (χ3n) is 7.67. The number of likely N-dealkylation sites (tertiary alicyclic amines) is 1. The fourth-order valence-corrected chi connectivity index (χ4v) is 5.74. The summed E-state index contributed by atoms with van der Waals surface area (Å²) in [6.45, 7) is 3.89. The van der Waals surface area contributed by atoms with Gasteiger partial charge in [-0.05, 0) is 75.2 Å². The summed E-state index contributed by atoms with van der Waals surface area (Å²) in [7, 11) is 0. The summed E-state index contributed by atoms with van der Waals surface area (Å²) in [4.78, 5) is 21.2. The van der Waals surface area contributed by atoms with Crippen molar-refractivity contribution >= 4 is 23.4 Å². The zero-order valence-electron chi connectivity index (χ0n) is 19.8. The van der Waals surface area contributed by atoms with Gasteiger partial charge in [-0.1, -0.05) is 25.0 Å². The van der Waals surface area contributed by atoms with Gasteiger partial charge in [-0.15, -0.1) is 10.2 Å². The maximum atomic E-state index is 11.9. The molecule has 0 bridgehead atoms. The Bertz CT molecular complexity index is 983. The van der Waals surface area contributed by atoms with E-state index in [1.54, 1.807) is 0 Å². The molecule has 0 radical (unpaired) electrons. The molecular formula is C25H36N8O. The van der Waals surface area contributed by atoms with Crippen molar-refractivity contribution in [1.82, 2.24) is 20.1 Å². The summed E-state index contributed by atoms with van der Waals surface area (Å²) < 4.78 is 0. The Balaban J connectivity index is 1.26. The summed E-state index contributed by atoms with van der Waals surface area (Å²) in [5.41, 5.74) is 13.9. The number of hydrogen-bond acceptors (Lipinski definition) is 8. The largest absolute Gasteiger partial charge is 0.364 e. The van der Waals surface area contributed by atoms with Crippen molar-refractivity contribution in [3.63, 3.8) is 0 Å². The number of amides is 1. The Morgan fingerprint density at radius 2 is 1.68 bits per heavy atom. The van der Waals surface area contributed by atoms with Crippen LogP contribution in [0.1, 0.15) is 73.3 Å². The molecule has 5 rings (SSSR count). The molecule has 5 N–H and O–H groups in total. The molecule has 0 spiro atoms. The highest BCUT2D eigenvalue weighted by molar-refractivity contribution is 5.96.